The zero-order valence-electron chi connectivity index (χ0n) is 17.4. The number of nitrogen functional groups attached to an aromatic ring is 1. The molecule has 1 saturated heterocycles. The zero-order valence-corrected chi connectivity index (χ0v) is 20.6. The number of anilines is 1. The minimum absolute atomic E-state index is 0.207. The van der Waals surface area contributed by atoms with Gasteiger partial charge in [0.05, 0.1) is 27.5 Å². The van der Waals surface area contributed by atoms with Crippen molar-refractivity contribution in [3.63, 3.8) is 0 Å². The number of aromatic nitrogens is 4. The molecule has 1 aliphatic carbocycles. The lowest BCUT2D eigenvalue weighted by atomic mass is 9.80. The maximum atomic E-state index is 11.2. The summed E-state index contributed by atoms with van der Waals surface area (Å²) >= 11 is 11.5. The summed E-state index contributed by atoms with van der Waals surface area (Å²) in [7, 11) is 0. The average Bonchev–Trinajstić information content (AvgIpc) is 3.48. The Morgan fingerprint density at radius 2 is 2.03 bits per heavy atom. The van der Waals surface area contributed by atoms with Crippen LogP contribution in [0.25, 0.3) is 21.9 Å². The molecule has 3 aromatic heterocycles. The van der Waals surface area contributed by atoms with Crippen molar-refractivity contribution in [1.29, 1.82) is 0 Å². The zero-order chi connectivity index (χ0) is 22.9. The van der Waals surface area contributed by atoms with E-state index in [1.165, 1.54) is 6.33 Å². The molecule has 1 aliphatic heterocycles. The number of pyridine rings is 1. The van der Waals surface area contributed by atoms with E-state index in [4.69, 9.17) is 17.3 Å². The van der Waals surface area contributed by atoms with Crippen LogP contribution in [0, 0.1) is 5.41 Å². The molecule has 1 spiro atoms. The topological polar surface area (TPSA) is 110 Å². The second-order valence-corrected chi connectivity index (χ2v) is 11.4. The van der Waals surface area contributed by atoms with Gasteiger partial charge in [-0.3, -0.25) is 0 Å². The van der Waals surface area contributed by atoms with Crippen molar-refractivity contribution < 1.29 is 10.2 Å². The monoisotopic (exact) mass is 545 g/mol. The lowest BCUT2D eigenvalue weighted by Crippen LogP contribution is -2.36. The summed E-state index contributed by atoms with van der Waals surface area (Å²) < 4.78 is 2.71. The first-order valence-electron chi connectivity index (χ1n) is 10.7. The predicted octanol–water partition coefficient (Wildman–Crippen LogP) is 4.51. The van der Waals surface area contributed by atoms with Crippen molar-refractivity contribution in [2.45, 2.75) is 36.3 Å². The first-order valence-corrected chi connectivity index (χ1v) is 12.9. The molecule has 5 atom stereocenters. The number of nitrogens with two attached hydrogens (primary N) is 1. The second-order valence-electron chi connectivity index (χ2n) is 9.01. The van der Waals surface area contributed by atoms with Crippen LogP contribution in [-0.2, 0) is 0 Å². The molecule has 1 saturated carbocycles. The largest absolute Gasteiger partial charge is 0.390 e. The predicted molar refractivity (Wildman–Crippen MR) is 134 cm³/mol. The highest BCUT2D eigenvalue weighted by Crippen LogP contribution is 2.59. The Balaban J connectivity index is 1.30. The lowest BCUT2D eigenvalue weighted by molar-refractivity contribution is -0.0204. The average molecular weight is 547 g/mol. The number of aliphatic hydroxyl groups is 2. The smallest absolute Gasteiger partial charge is 0.145 e. The first-order chi connectivity index (χ1) is 15.9. The molecule has 4 aromatic rings. The van der Waals surface area contributed by atoms with E-state index in [1.807, 2.05) is 34.7 Å². The van der Waals surface area contributed by atoms with Gasteiger partial charge in [0, 0.05) is 28.0 Å². The number of rotatable bonds is 2. The van der Waals surface area contributed by atoms with E-state index in [2.05, 4.69) is 49.1 Å². The van der Waals surface area contributed by atoms with Crippen LogP contribution in [0.1, 0.15) is 29.7 Å². The molecule has 4 heterocycles. The Hall–Kier alpha value is -1.91. The Labute approximate surface area is 207 Å². The number of hydrogen-bond acceptors (Lipinski definition) is 7. The van der Waals surface area contributed by atoms with Crippen LogP contribution in [-0.4, -0.2) is 47.7 Å². The van der Waals surface area contributed by atoms with Crippen molar-refractivity contribution in [3.05, 3.63) is 58.0 Å². The lowest BCUT2D eigenvalue weighted by Gasteiger charge is -2.27. The summed E-state index contributed by atoms with van der Waals surface area (Å²) in [6.45, 7) is 0. The maximum absolute atomic E-state index is 11.2. The van der Waals surface area contributed by atoms with Gasteiger partial charge in [0.2, 0.25) is 0 Å². The normalized spacial score (nSPS) is 29.6. The van der Waals surface area contributed by atoms with Crippen LogP contribution in [0.2, 0.25) is 5.15 Å². The molecule has 0 unspecified atom stereocenters. The number of fused-ring (bicyclic) bond motifs is 2. The molecule has 2 fully saturated rings. The molecule has 1 aromatic carbocycles. The third-order valence-electron chi connectivity index (χ3n) is 7.15. The van der Waals surface area contributed by atoms with Crippen LogP contribution in [0.3, 0.4) is 0 Å². The molecule has 6 rings (SSSR count). The highest BCUT2D eigenvalue weighted by atomic mass is 79.9. The van der Waals surface area contributed by atoms with Crippen molar-refractivity contribution in [2.75, 3.05) is 11.5 Å². The summed E-state index contributed by atoms with van der Waals surface area (Å²) in [5.74, 6) is 1.19. The van der Waals surface area contributed by atoms with Gasteiger partial charge in [0.15, 0.2) is 0 Å². The molecule has 4 N–H and O–H groups in total. The molecular weight excluding hydrogens is 526 g/mol. The van der Waals surface area contributed by atoms with Gasteiger partial charge in [0.25, 0.3) is 0 Å². The minimum Gasteiger partial charge on any atom is -0.390 e. The maximum Gasteiger partial charge on any atom is 0.145 e. The fourth-order valence-electron chi connectivity index (χ4n) is 5.40. The highest BCUT2D eigenvalue weighted by Gasteiger charge is 2.56. The van der Waals surface area contributed by atoms with Crippen molar-refractivity contribution >= 4 is 67.0 Å². The van der Waals surface area contributed by atoms with Crippen molar-refractivity contribution in [3.8, 4) is 0 Å². The molecule has 2 aliphatic rings. The summed E-state index contributed by atoms with van der Waals surface area (Å²) in [4.78, 5) is 12.9. The van der Waals surface area contributed by atoms with Gasteiger partial charge in [-0.15, -0.1) is 0 Å². The molecule has 33 heavy (non-hydrogen) atoms. The molecule has 170 valence electrons. The number of halogens is 2. The summed E-state index contributed by atoms with van der Waals surface area (Å²) in [5, 5.41) is 24.7. The second kappa shape index (κ2) is 7.81. The molecule has 10 heteroatoms. The number of aliphatic hydroxyl groups excluding tert-OH is 2. The molecular formula is C23H21BrClN5O2S. The highest BCUT2D eigenvalue weighted by molar-refractivity contribution is 9.10. The molecule has 7 nitrogen and oxygen atoms in total. The number of hydrogen-bond donors (Lipinski definition) is 3. The van der Waals surface area contributed by atoms with Crippen LogP contribution in [0.4, 0.5) is 5.82 Å². The minimum atomic E-state index is -0.884. The van der Waals surface area contributed by atoms with Crippen molar-refractivity contribution in [2.24, 2.45) is 5.41 Å². The molecule has 0 bridgehead atoms. The molecule has 0 radical (unpaired) electrons. The standard InChI is InChI=1S/C23H21BrClN5O2S/c24-14-5-11-1-2-12(6-15(11)29-20(14)25)17-8-23(9-33-17)7-16(18(31)19(23)32)30-4-3-13-21(26)27-10-28-22(13)30/h1-6,10,16-19,31-32H,7-9H2,(H2,26,27,28)/t16-,17+,18+,19+,23-/m1/s1. The quantitative estimate of drug-likeness (QED) is 0.317. The third kappa shape index (κ3) is 3.36. The van der Waals surface area contributed by atoms with E-state index in [-0.39, 0.29) is 16.7 Å². The van der Waals surface area contributed by atoms with E-state index in [0.717, 1.165) is 38.5 Å². The van der Waals surface area contributed by atoms with Crippen LogP contribution in [0.5, 0.6) is 0 Å². The van der Waals surface area contributed by atoms with E-state index in [1.54, 1.807) is 0 Å². The number of nitrogens with zero attached hydrogens (tertiary/aromatic N) is 4. The summed E-state index contributed by atoms with van der Waals surface area (Å²) in [6.07, 6.45) is 3.05. The Kier molecular flexibility index (Phi) is 5.12. The van der Waals surface area contributed by atoms with Gasteiger partial charge in [0.1, 0.15) is 29.0 Å². The summed E-state index contributed by atoms with van der Waals surface area (Å²) in [6, 6.07) is 9.82. The fourth-order valence-corrected chi connectivity index (χ4v) is 7.61. The third-order valence-corrected chi connectivity index (χ3v) is 9.85. The number of thioether (sulfide) groups is 1. The Morgan fingerprint density at radius 1 is 1.18 bits per heavy atom. The SMILES string of the molecule is Nc1ncnc2c1ccn2[C@@H]1C[C@@]2(CS[C@H](c3ccc4cc(Br)c(Cl)nc4c3)C2)[C@@H](O)[C@H]1O. The van der Waals surface area contributed by atoms with Gasteiger partial charge in [-0.25, -0.2) is 15.0 Å². The van der Waals surface area contributed by atoms with Gasteiger partial charge >= 0.3 is 0 Å². The fraction of sp³-hybridized carbons (Fsp3) is 0.348. The van der Waals surface area contributed by atoms with E-state index in [9.17, 15) is 10.2 Å². The van der Waals surface area contributed by atoms with E-state index >= 15 is 0 Å². The van der Waals surface area contributed by atoms with Crippen LogP contribution < -0.4 is 5.73 Å². The van der Waals surface area contributed by atoms with Gasteiger partial charge in [-0.1, -0.05) is 23.7 Å². The molecule has 0 amide bonds. The summed E-state index contributed by atoms with van der Waals surface area (Å²) in [5.41, 5.74) is 8.30. The van der Waals surface area contributed by atoms with Crippen LogP contribution >= 0.6 is 39.3 Å². The van der Waals surface area contributed by atoms with Gasteiger partial charge < -0.3 is 20.5 Å². The first kappa shape index (κ1) is 21.6. The Bertz CT molecular complexity index is 1400. The van der Waals surface area contributed by atoms with Gasteiger partial charge in [-0.2, -0.15) is 11.8 Å². The number of benzene rings is 1. The van der Waals surface area contributed by atoms with E-state index < -0.39 is 12.2 Å². The Morgan fingerprint density at radius 3 is 2.88 bits per heavy atom. The van der Waals surface area contributed by atoms with Crippen LogP contribution in [0.15, 0.2) is 47.3 Å². The van der Waals surface area contributed by atoms with Crippen molar-refractivity contribution in [1.82, 2.24) is 19.5 Å². The van der Waals surface area contributed by atoms with E-state index in [0.29, 0.717) is 23.0 Å². The van der Waals surface area contributed by atoms with Gasteiger partial charge in [-0.05, 0) is 52.5 Å².